The molecule has 1 amide bonds. The van der Waals surface area contributed by atoms with Crippen LogP contribution in [0.25, 0.3) is 0 Å². The van der Waals surface area contributed by atoms with E-state index < -0.39 is 10.2 Å². The minimum Gasteiger partial charge on any atom is -0.303 e. The van der Waals surface area contributed by atoms with E-state index in [1.165, 1.54) is 18.3 Å². The number of amidine groups is 1. The van der Waals surface area contributed by atoms with Crippen molar-refractivity contribution in [3.8, 4) is 0 Å². The smallest absolute Gasteiger partial charge is 0.270 e. The van der Waals surface area contributed by atoms with Crippen molar-refractivity contribution in [1.29, 1.82) is 0 Å². The highest BCUT2D eigenvalue weighted by atomic mass is 32.2. The van der Waals surface area contributed by atoms with E-state index in [9.17, 15) is 19.7 Å². The van der Waals surface area contributed by atoms with Crippen molar-refractivity contribution in [3.05, 3.63) is 74.8 Å². The molecule has 1 unspecified atom stereocenters. The summed E-state index contributed by atoms with van der Waals surface area (Å²) >= 11 is 1.14. The Morgan fingerprint density at radius 3 is 2.83 bits per heavy atom. The summed E-state index contributed by atoms with van der Waals surface area (Å²) in [6, 6.07) is 11.6. The lowest BCUT2D eigenvalue weighted by Crippen LogP contribution is -2.26. The van der Waals surface area contributed by atoms with Crippen molar-refractivity contribution in [2.75, 3.05) is 0 Å². The first-order valence-corrected chi connectivity index (χ1v) is 9.65. The number of carbonyl (C=O) groups is 2. The van der Waals surface area contributed by atoms with Gasteiger partial charge in [-0.1, -0.05) is 41.6 Å². The highest BCUT2D eigenvalue weighted by molar-refractivity contribution is 8.15. The van der Waals surface area contributed by atoms with Gasteiger partial charge in [0, 0.05) is 29.7 Å². The molecule has 2 aromatic rings. The van der Waals surface area contributed by atoms with E-state index in [2.05, 4.69) is 15.5 Å². The maximum atomic E-state index is 12.6. The van der Waals surface area contributed by atoms with Gasteiger partial charge in [-0.05, 0) is 25.5 Å². The number of ketones is 1. The number of carbonyl (C=O) groups excluding carboxylic acids is 2. The van der Waals surface area contributed by atoms with Crippen LogP contribution in [0.1, 0.15) is 33.5 Å². The van der Waals surface area contributed by atoms with Crippen molar-refractivity contribution < 1.29 is 14.5 Å². The molecule has 0 saturated carbocycles. The number of hydrogen-bond donors (Lipinski definition) is 1. The van der Waals surface area contributed by atoms with Crippen LogP contribution >= 0.6 is 11.8 Å². The molecule has 8 nitrogen and oxygen atoms in total. The summed E-state index contributed by atoms with van der Waals surface area (Å²) in [5, 5.41) is 20.9. The van der Waals surface area contributed by atoms with Gasteiger partial charge in [0.1, 0.15) is 0 Å². The number of nitro benzene ring substituents is 1. The van der Waals surface area contributed by atoms with Gasteiger partial charge in [-0.15, -0.1) is 5.10 Å². The zero-order chi connectivity index (χ0) is 21.0. The molecule has 9 heteroatoms. The summed E-state index contributed by atoms with van der Waals surface area (Å²) in [4.78, 5) is 35.1. The molecule has 1 aliphatic heterocycles. The van der Waals surface area contributed by atoms with E-state index >= 15 is 0 Å². The topological polar surface area (TPSA) is 114 Å². The van der Waals surface area contributed by atoms with Gasteiger partial charge < -0.3 is 5.32 Å². The Labute approximate surface area is 171 Å². The molecule has 3 rings (SSSR count). The van der Waals surface area contributed by atoms with E-state index in [0.717, 1.165) is 22.9 Å². The lowest BCUT2D eigenvalue weighted by atomic mass is 9.99. The highest BCUT2D eigenvalue weighted by Crippen LogP contribution is 2.25. The second-order valence-corrected chi connectivity index (χ2v) is 7.73. The van der Waals surface area contributed by atoms with Crippen molar-refractivity contribution in [1.82, 2.24) is 5.32 Å². The third-order valence-electron chi connectivity index (χ3n) is 4.28. The van der Waals surface area contributed by atoms with Gasteiger partial charge in [-0.2, -0.15) is 5.10 Å². The van der Waals surface area contributed by atoms with Crippen LogP contribution < -0.4 is 5.32 Å². The van der Waals surface area contributed by atoms with Gasteiger partial charge in [-0.3, -0.25) is 19.7 Å². The van der Waals surface area contributed by atoms with Crippen LogP contribution in [0.2, 0.25) is 0 Å². The predicted molar refractivity (Wildman–Crippen MR) is 113 cm³/mol. The van der Waals surface area contributed by atoms with Crippen molar-refractivity contribution >= 4 is 40.5 Å². The zero-order valence-electron chi connectivity index (χ0n) is 15.8. The maximum absolute atomic E-state index is 12.6. The summed E-state index contributed by atoms with van der Waals surface area (Å²) in [6.45, 7) is 3.78. The number of amides is 1. The van der Waals surface area contributed by atoms with Gasteiger partial charge in [0.05, 0.1) is 16.4 Å². The van der Waals surface area contributed by atoms with Crippen LogP contribution in [0.4, 0.5) is 5.69 Å². The van der Waals surface area contributed by atoms with E-state index in [1.54, 1.807) is 12.1 Å². The summed E-state index contributed by atoms with van der Waals surface area (Å²) in [7, 11) is 0. The third kappa shape index (κ3) is 5.14. The number of aryl methyl sites for hydroxylation is 2. The molecule has 1 heterocycles. The SMILES string of the molecule is Cc1ccc(C)c(C(=O)CC2S/C(=N\N=C\c3cccc([N+](=O)[O-])c3)NC2=O)c1. The van der Waals surface area contributed by atoms with Crippen molar-refractivity contribution in [3.63, 3.8) is 0 Å². The minimum atomic E-state index is -0.575. The Kier molecular flexibility index (Phi) is 6.18. The number of non-ortho nitro benzene ring substituents is 1. The largest absolute Gasteiger partial charge is 0.303 e. The molecule has 1 fully saturated rings. The van der Waals surface area contributed by atoms with Crippen molar-refractivity contribution in [2.45, 2.75) is 25.5 Å². The van der Waals surface area contributed by atoms with Crippen LogP contribution in [-0.4, -0.2) is 33.2 Å². The molecular weight excluding hydrogens is 392 g/mol. The number of thioether (sulfide) groups is 1. The second kappa shape index (κ2) is 8.78. The van der Waals surface area contributed by atoms with E-state index in [-0.39, 0.29) is 29.0 Å². The molecular formula is C20H18N4O4S. The van der Waals surface area contributed by atoms with E-state index in [0.29, 0.717) is 11.1 Å². The highest BCUT2D eigenvalue weighted by Gasteiger charge is 2.32. The van der Waals surface area contributed by atoms with Crippen LogP contribution in [0.15, 0.2) is 52.7 Å². The standard InChI is InChI=1S/C20H18N4O4S/c1-12-6-7-13(2)16(8-12)17(25)10-18-19(26)22-20(29-18)23-21-11-14-4-3-5-15(9-14)24(27)28/h3-9,11,18H,10H2,1-2H3,(H,22,23,26)/b21-11+. The summed E-state index contributed by atoms with van der Waals surface area (Å²) < 4.78 is 0. The number of Topliss-reactive ketones (excluding diaryl/α,β-unsaturated/α-hetero) is 1. The summed E-state index contributed by atoms with van der Waals surface area (Å²) in [5.41, 5.74) is 2.95. The van der Waals surface area contributed by atoms with Crippen LogP contribution in [0.5, 0.6) is 0 Å². The molecule has 1 atom stereocenters. The first-order valence-electron chi connectivity index (χ1n) is 8.77. The van der Waals surface area contributed by atoms with Crippen LogP contribution in [0.3, 0.4) is 0 Å². The average Bonchev–Trinajstić information content (AvgIpc) is 3.03. The Balaban J connectivity index is 1.65. The number of hydrogen-bond acceptors (Lipinski definition) is 7. The normalized spacial score (nSPS) is 17.7. The molecule has 0 radical (unpaired) electrons. The molecule has 0 spiro atoms. The molecule has 1 saturated heterocycles. The summed E-state index contributed by atoms with van der Waals surface area (Å²) in [6.07, 6.45) is 1.43. The van der Waals surface area contributed by atoms with Gasteiger partial charge in [0.2, 0.25) is 5.91 Å². The number of nitrogens with one attached hydrogen (secondary N) is 1. The van der Waals surface area contributed by atoms with E-state index in [4.69, 9.17) is 0 Å². The minimum absolute atomic E-state index is 0.0461. The Morgan fingerprint density at radius 1 is 1.28 bits per heavy atom. The monoisotopic (exact) mass is 410 g/mol. The maximum Gasteiger partial charge on any atom is 0.270 e. The molecule has 0 aliphatic carbocycles. The molecule has 148 valence electrons. The Hall–Kier alpha value is -3.33. The zero-order valence-corrected chi connectivity index (χ0v) is 16.6. The van der Waals surface area contributed by atoms with Gasteiger partial charge >= 0.3 is 0 Å². The van der Waals surface area contributed by atoms with Gasteiger partial charge in [0.25, 0.3) is 5.69 Å². The lowest BCUT2D eigenvalue weighted by Gasteiger charge is -2.08. The fourth-order valence-electron chi connectivity index (χ4n) is 2.77. The predicted octanol–water partition coefficient (Wildman–Crippen LogP) is 3.41. The lowest BCUT2D eigenvalue weighted by molar-refractivity contribution is -0.384. The molecule has 1 aliphatic rings. The van der Waals surface area contributed by atoms with Gasteiger partial charge in [0.15, 0.2) is 11.0 Å². The van der Waals surface area contributed by atoms with E-state index in [1.807, 2.05) is 32.0 Å². The first kappa shape index (κ1) is 20.4. The fourth-order valence-corrected chi connectivity index (χ4v) is 3.69. The number of rotatable bonds is 6. The first-order chi connectivity index (χ1) is 13.8. The number of benzene rings is 2. The average molecular weight is 410 g/mol. The van der Waals surface area contributed by atoms with Crippen molar-refractivity contribution in [2.24, 2.45) is 10.2 Å². The number of nitrogens with zero attached hydrogens (tertiary/aromatic N) is 3. The quantitative estimate of drug-likeness (QED) is 0.339. The third-order valence-corrected chi connectivity index (χ3v) is 5.35. The molecule has 0 aromatic heterocycles. The van der Waals surface area contributed by atoms with Crippen LogP contribution in [-0.2, 0) is 4.79 Å². The molecule has 1 N–H and O–H groups in total. The molecule has 29 heavy (non-hydrogen) atoms. The molecule has 0 bridgehead atoms. The number of nitro groups is 1. The Morgan fingerprint density at radius 2 is 2.07 bits per heavy atom. The summed E-state index contributed by atoms with van der Waals surface area (Å²) in [5.74, 6) is -0.391. The molecule has 2 aromatic carbocycles. The Bertz CT molecular complexity index is 1050. The van der Waals surface area contributed by atoms with Gasteiger partial charge in [-0.25, -0.2) is 0 Å². The second-order valence-electron chi connectivity index (χ2n) is 6.54. The fraction of sp³-hybridized carbons (Fsp3) is 0.200. The van der Waals surface area contributed by atoms with Crippen LogP contribution in [0, 0.1) is 24.0 Å².